The van der Waals surface area contributed by atoms with Crippen molar-refractivity contribution in [2.75, 3.05) is 13.1 Å². The Hall–Kier alpha value is -3.44. The molecule has 0 spiro atoms. The van der Waals surface area contributed by atoms with Crippen LogP contribution in [-0.2, 0) is 28.7 Å². The van der Waals surface area contributed by atoms with Crippen LogP contribution in [0.25, 0.3) is 0 Å². The lowest BCUT2D eigenvalue weighted by atomic mass is 9.85. The Bertz CT molecular complexity index is 1060. The molecule has 0 aromatic heterocycles. The lowest BCUT2D eigenvalue weighted by Crippen LogP contribution is -2.60. The molecule has 1 saturated heterocycles. The number of rotatable bonds is 11. The lowest BCUT2D eigenvalue weighted by Gasteiger charge is -2.38. The summed E-state index contributed by atoms with van der Waals surface area (Å²) in [5.74, 6) is -4.62. The molecule has 0 aromatic rings. The highest BCUT2D eigenvalue weighted by molar-refractivity contribution is 6.38. The van der Waals surface area contributed by atoms with Gasteiger partial charge in [0.15, 0.2) is 0 Å². The fraction of sp³-hybridized carbons (Fsp3) is 0.714. The van der Waals surface area contributed by atoms with E-state index in [0.29, 0.717) is 13.0 Å². The van der Waals surface area contributed by atoms with Crippen molar-refractivity contribution in [2.45, 2.75) is 92.0 Å². The Kier molecular flexibility index (Phi) is 9.81. The molecular weight excluding hydrogens is 520 g/mol. The average Bonchev–Trinajstić information content (AvgIpc) is 3.14. The summed E-state index contributed by atoms with van der Waals surface area (Å²) in [4.78, 5) is 77.6. The molecule has 2 aliphatic rings. The molecule has 1 saturated carbocycles. The molecule has 0 radical (unpaired) electrons. The van der Waals surface area contributed by atoms with E-state index >= 15 is 0 Å². The maximum absolute atomic E-state index is 13.9. The van der Waals surface area contributed by atoms with Gasteiger partial charge in [-0.1, -0.05) is 40.7 Å². The topological polar surface area (TPSA) is 171 Å². The normalized spacial score (nSPS) is 22.7. The molecule has 5 unspecified atom stereocenters. The first kappa shape index (κ1) is 32.8. The van der Waals surface area contributed by atoms with E-state index < -0.39 is 71.3 Å². The van der Waals surface area contributed by atoms with Crippen LogP contribution in [0, 0.1) is 22.7 Å². The second-order valence-corrected chi connectivity index (χ2v) is 13.2. The summed E-state index contributed by atoms with van der Waals surface area (Å²) in [6.07, 6.45) is 1.15. The fourth-order valence-electron chi connectivity index (χ4n) is 5.26. The Balaban J connectivity index is 2.32. The van der Waals surface area contributed by atoms with Crippen molar-refractivity contribution in [2.24, 2.45) is 22.7 Å². The second-order valence-electron chi connectivity index (χ2n) is 13.2. The number of amides is 4. The molecule has 2 fully saturated rings. The molecule has 12 nitrogen and oxygen atoms in total. The van der Waals surface area contributed by atoms with Crippen LogP contribution in [-0.4, -0.2) is 82.4 Å². The van der Waals surface area contributed by atoms with Gasteiger partial charge in [0.1, 0.15) is 24.2 Å². The van der Waals surface area contributed by atoms with Crippen LogP contribution in [0.2, 0.25) is 0 Å². The number of Topliss-reactive ketones (excluding diaryl/α,β-unsaturated/α-hetero) is 1. The van der Waals surface area contributed by atoms with Gasteiger partial charge >= 0.3 is 12.1 Å². The molecule has 12 heteroatoms. The first-order chi connectivity index (χ1) is 18.2. The van der Waals surface area contributed by atoms with Crippen molar-refractivity contribution in [1.29, 1.82) is 0 Å². The number of nitrogens with one attached hydrogen (secondary N) is 3. The summed E-state index contributed by atoms with van der Waals surface area (Å²) >= 11 is 0. The van der Waals surface area contributed by atoms with Crippen LogP contribution in [0.3, 0.4) is 0 Å². The number of carboxylic acid groups (broad SMARTS) is 1. The maximum atomic E-state index is 13.9. The van der Waals surface area contributed by atoms with Gasteiger partial charge in [-0.05, 0) is 56.3 Å². The zero-order valence-corrected chi connectivity index (χ0v) is 24.8. The van der Waals surface area contributed by atoms with Crippen molar-refractivity contribution in [1.82, 2.24) is 20.9 Å². The Labute approximate surface area is 235 Å². The highest BCUT2D eigenvalue weighted by Gasteiger charge is 2.70. The largest absolute Gasteiger partial charge is 0.480 e. The minimum atomic E-state index is -1.32. The summed E-state index contributed by atoms with van der Waals surface area (Å²) in [7, 11) is 0. The number of alkyl carbamates (subject to hydrolysis) is 1. The third-order valence-electron chi connectivity index (χ3n) is 7.45. The Morgan fingerprint density at radius 2 is 1.68 bits per heavy atom. The predicted molar refractivity (Wildman–Crippen MR) is 146 cm³/mol. The summed E-state index contributed by atoms with van der Waals surface area (Å²) in [5.41, 5.74) is -1.73. The first-order valence-electron chi connectivity index (χ1n) is 13.5. The number of aliphatic carboxylic acids is 1. The number of fused-ring (bicyclic) bond motifs is 1. The van der Waals surface area contributed by atoms with E-state index in [2.05, 4.69) is 17.2 Å². The Morgan fingerprint density at radius 3 is 2.17 bits per heavy atom. The molecule has 40 heavy (non-hydrogen) atoms. The molecule has 1 aliphatic heterocycles. The van der Waals surface area contributed by atoms with Crippen LogP contribution < -0.4 is 16.0 Å². The number of piperidine rings is 1. The molecule has 0 bridgehead atoms. The first-order valence-corrected chi connectivity index (χ1v) is 13.5. The van der Waals surface area contributed by atoms with Gasteiger partial charge in [-0.15, -0.1) is 6.58 Å². The minimum absolute atomic E-state index is 0.0375. The Morgan fingerprint density at radius 1 is 1.07 bits per heavy atom. The van der Waals surface area contributed by atoms with Crippen molar-refractivity contribution in [3.05, 3.63) is 12.7 Å². The molecule has 1 heterocycles. The van der Waals surface area contributed by atoms with Gasteiger partial charge in [0.25, 0.3) is 5.91 Å². The van der Waals surface area contributed by atoms with Gasteiger partial charge in [0, 0.05) is 6.54 Å². The van der Waals surface area contributed by atoms with Gasteiger partial charge < -0.3 is 30.7 Å². The number of carbonyl (C=O) groups is 6. The van der Waals surface area contributed by atoms with Crippen LogP contribution in [0.15, 0.2) is 12.7 Å². The number of allylic oxidation sites excluding steroid dienone is 1. The van der Waals surface area contributed by atoms with Crippen molar-refractivity contribution in [3.8, 4) is 0 Å². The second kappa shape index (κ2) is 12.0. The van der Waals surface area contributed by atoms with Crippen molar-refractivity contribution in [3.63, 3.8) is 0 Å². The van der Waals surface area contributed by atoms with Gasteiger partial charge in [-0.3, -0.25) is 24.0 Å². The number of hydrogen-bond acceptors (Lipinski definition) is 7. The van der Waals surface area contributed by atoms with E-state index in [1.807, 2.05) is 19.2 Å². The molecule has 4 N–H and O–H groups in total. The fourth-order valence-corrected chi connectivity index (χ4v) is 5.26. The molecule has 5 atom stereocenters. The zero-order chi connectivity index (χ0) is 30.8. The van der Waals surface area contributed by atoms with Crippen LogP contribution >= 0.6 is 0 Å². The summed E-state index contributed by atoms with van der Waals surface area (Å²) in [6.45, 7) is 17.7. The summed E-state index contributed by atoms with van der Waals surface area (Å²) in [6, 6.07) is -3.17. The van der Waals surface area contributed by atoms with Crippen LogP contribution in [0.5, 0.6) is 0 Å². The van der Waals surface area contributed by atoms with Gasteiger partial charge in [0.05, 0.1) is 6.04 Å². The van der Waals surface area contributed by atoms with E-state index in [-0.39, 0.29) is 23.7 Å². The SMILES string of the molecule is C=CCCC(NC(=O)C1C2C(CN1C(=O)C(NC(=O)OC(C)(C)C)C(C)(C)C)C2(C)C)C(=O)C(=O)NCC(=O)O. The van der Waals surface area contributed by atoms with E-state index in [1.54, 1.807) is 41.5 Å². The monoisotopic (exact) mass is 564 g/mol. The van der Waals surface area contributed by atoms with Crippen LogP contribution in [0.1, 0.15) is 68.2 Å². The highest BCUT2D eigenvalue weighted by Crippen LogP contribution is 2.65. The lowest BCUT2D eigenvalue weighted by molar-refractivity contribution is -0.145. The minimum Gasteiger partial charge on any atom is -0.480 e. The third kappa shape index (κ3) is 7.82. The smallest absolute Gasteiger partial charge is 0.408 e. The number of carbonyl (C=O) groups excluding carboxylic acids is 5. The number of carboxylic acids is 1. The summed E-state index contributed by atoms with van der Waals surface area (Å²) in [5, 5.41) is 16.1. The summed E-state index contributed by atoms with van der Waals surface area (Å²) < 4.78 is 5.37. The molecule has 1 aliphatic carbocycles. The van der Waals surface area contributed by atoms with E-state index in [0.717, 1.165) is 0 Å². The van der Waals surface area contributed by atoms with Crippen molar-refractivity contribution < 1.29 is 38.6 Å². The highest BCUT2D eigenvalue weighted by atomic mass is 16.6. The number of nitrogens with zero attached hydrogens (tertiary/aromatic N) is 1. The predicted octanol–water partition coefficient (Wildman–Crippen LogP) is 1.63. The van der Waals surface area contributed by atoms with Gasteiger partial charge in [0.2, 0.25) is 17.6 Å². The number of ketones is 1. The molecular formula is C28H44N4O8. The van der Waals surface area contributed by atoms with Gasteiger partial charge in [-0.25, -0.2) is 4.79 Å². The number of likely N-dealkylation sites (tertiary alicyclic amines) is 1. The quantitative estimate of drug-likeness (QED) is 0.217. The number of hydrogen-bond donors (Lipinski definition) is 4. The van der Waals surface area contributed by atoms with E-state index in [9.17, 15) is 28.8 Å². The maximum Gasteiger partial charge on any atom is 0.408 e. The standard InChI is InChI=1S/C28H44N4O8/c1-10-11-12-16(20(35)23(37)29-13-17(33)34)30-22(36)19-18-15(28(18,8)9)14-32(19)24(38)21(26(2,3)4)31-25(39)40-27(5,6)7/h10,15-16,18-19,21H,1,11-14H2,2-9H3,(H,29,37)(H,30,36)(H,31,39)(H,33,34). The molecule has 0 aromatic carbocycles. The zero-order valence-electron chi connectivity index (χ0n) is 24.8. The third-order valence-corrected chi connectivity index (χ3v) is 7.45. The van der Waals surface area contributed by atoms with Crippen LogP contribution in [0.4, 0.5) is 4.79 Å². The molecule has 224 valence electrons. The molecule has 4 amide bonds. The van der Waals surface area contributed by atoms with E-state index in [4.69, 9.17) is 9.84 Å². The average molecular weight is 565 g/mol. The van der Waals surface area contributed by atoms with Crippen molar-refractivity contribution >= 4 is 35.6 Å². The number of ether oxygens (including phenoxy) is 1. The molecule has 2 rings (SSSR count). The van der Waals surface area contributed by atoms with E-state index in [1.165, 1.54) is 11.0 Å². The van der Waals surface area contributed by atoms with Gasteiger partial charge in [-0.2, -0.15) is 0 Å².